The standard InChI is InChI=1S/C25H28N4O3/c1-5-6-11-28-22-10-8-18(25(31)32-4)13-20(22)27-24(28)17-7-9-21-19(12-17)26-14-23(30)29(21)15-16(2)3/h7-10,12-14,16H,5-6,11,15H2,1-4H3. The molecule has 4 aromatic rings. The number of unbranched alkanes of at least 4 members (excludes halogenated alkanes) is 1. The minimum atomic E-state index is -0.380. The normalized spacial score (nSPS) is 11.5. The molecule has 0 bridgehead atoms. The SMILES string of the molecule is CCCCn1c(-c2ccc3c(c2)ncc(=O)n3CC(C)C)nc2cc(C(=O)OC)ccc21. The smallest absolute Gasteiger partial charge is 0.337 e. The van der Waals surface area contributed by atoms with Crippen LogP contribution in [-0.4, -0.2) is 32.2 Å². The third-order valence-electron chi connectivity index (χ3n) is 5.56. The van der Waals surface area contributed by atoms with Crippen molar-refractivity contribution in [3.8, 4) is 11.4 Å². The number of imidazole rings is 1. The van der Waals surface area contributed by atoms with E-state index in [9.17, 15) is 9.59 Å². The van der Waals surface area contributed by atoms with Crippen LogP contribution in [0.3, 0.4) is 0 Å². The topological polar surface area (TPSA) is 79.0 Å². The predicted octanol–water partition coefficient (Wildman–Crippen LogP) is 4.66. The van der Waals surface area contributed by atoms with E-state index in [1.165, 1.54) is 13.3 Å². The number of esters is 1. The van der Waals surface area contributed by atoms with Gasteiger partial charge in [0, 0.05) is 18.7 Å². The molecule has 4 rings (SSSR count). The van der Waals surface area contributed by atoms with Gasteiger partial charge in [0.1, 0.15) is 5.82 Å². The lowest BCUT2D eigenvalue weighted by molar-refractivity contribution is 0.0601. The Balaban J connectivity index is 1.88. The number of aryl methyl sites for hydroxylation is 1. The average Bonchev–Trinajstić information content (AvgIpc) is 3.16. The van der Waals surface area contributed by atoms with E-state index < -0.39 is 0 Å². The van der Waals surface area contributed by atoms with Crippen molar-refractivity contribution in [2.45, 2.75) is 46.7 Å². The van der Waals surface area contributed by atoms with Crippen LogP contribution >= 0.6 is 0 Å². The molecule has 0 aliphatic heterocycles. The summed E-state index contributed by atoms with van der Waals surface area (Å²) in [6.07, 6.45) is 3.45. The molecule has 0 saturated heterocycles. The molecule has 0 aliphatic rings. The number of fused-ring (bicyclic) bond motifs is 2. The van der Waals surface area contributed by atoms with E-state index >= 15 is 0 Å². The maximum absolute atomic E-state index is 12.4. The molecule has 2 aromatic carbocycles. The highest BCUT2D eigenvalue weighted by molar-refractivity contribution is 5.94. The number of hydrogen-bond acceptors (Lipinski definition) is 5. The number of nitrogens with zero attached hydrogens (tertiary/aromatic N) is 4. The number of carbonyl (C=O) groups excluding carboxylic acids is 1. The lowest BCUT2D eigenvalue weighted by Gasteiger charge is -2.13. The first kappa shape index (κ1) is 21.7. The maximum atomic E-state index is 12.4. The summed E-state index contributed by atoms with van der Waals surface area (Å²) in [5.74, 6) is 0.788. The van der Waals surface area contributed by atoms with Gasteiger partial charge in [-0.15, -0.1) is 0 Å². The highest BCUT2D eigenvalue weighted by Gasteiger charge is 2.16. The van der Waals surface area contributed by atoms with Crippen LogP contribution in [0.4, 0.5) is 0 Å². The second kappa shape index (κ2) is 8.94. The number of methoxy groups -OCH3 is 1. The van der Waals surface area contributed by atoms with E-state index in [1.54, 1.807) is 16.7 Å². The van der Waals surface area contributed by atoms with Crippen LogP contribution in [0.15, 0.2) is 47.4 Å². The van der Waals surface area contributed by atoms with Crippen molar-refractivity contribution in [2.75, 3.05) is 7.11 Å². The molecule has 0 amide bonds. The summed E-state index contributed by atoms with van der Waals surface area (Å²) >= 11 is 0. The molecule has 0 radical (unpaired) electrons. The first-order chi connectivity index (χ1) is 15.4. The van der Waals surface area contributed by atoms with Gasteiger partial charge in [-0.3, -0.25) is 4.79 Å². The van der Waals surface area contributed by atoms with Gasteiger partial charge in [0.05, 0.1) is 40.9 Å². The van der Waals surface area contributed by atoms with E-state index in [0.29, 0.717) is 18.0 Å². The summed E-state index contributed by atoms with van der Waals surface area (Å²) in [4.78, 5) is 33.6. The average molecular weight is 433 g/mol. The Bertz CT molecular complexity index is 1350. The Morgan fingerprint density at radius 1 is 1.06 bits per heavy atom. The van der Waals surface area contributed by atoms with Crippen LogP contribution in [-0.2, 0) is 17.8 Å². The van der Waals surface area contributed by atoms with Crippen molar-refractivity contribution in [3.63, 3.8) is 0 Å². The minimum Gasteiger partial charge on any atom is -0.465 e. The van der Waals surface area contributed by atoms with Gasteiger partial charge < -0.3 is 13.9 Å². The van der Waals surface area contributed by atoms with Crippen LogP contribution in [0.25, 0.3) is 33.5 Å². The Hall–Kier alpha value is -3.48. The number of hydrogen-bond donors (Lipinski definition) is 0. The van der Waals surface area contributed by atoms with Crippen LogP contribution in [0, 0.1) is 5.92 Å². The van der Waals surface area contributed by atoms with Gasteiger partial charge in [0.25, 0.3) is 5.56 Å². The van der Waals surface area contributed by atoms with Gasteiger partial charge >= 0.3 is 5.97 Å². The molecule has 0 unspecified atom stereocenters. The monoisotopic (exact) mass is 432 g/mol. The Kier molecular flexibility index (Phi) is 6.08. The van der Waals surface area contributed by atoms with Crippen molar-refractivity contribution in [1.29, 1.82) is 0 Å². The molecule has 0 spiro atoms. The number of carbonyl (C=O) groups is 1. The quantitative estimate of drug-likeness (QED) is 0.397. The second-order valence-corrected chi connectivity index (χ2v) is 8.44. The van der Waals surface area contributed by atoms with Crippen LogP contribution in [0.5, 0.6) is 0 Å². The number of benzene rings is 2. The van der Waals surface area contributed by atoms with Crippen LogP contribution in [0.1, 0.15) is 44.0 Å². The molecule has 0 saturated carbocycles. The van der Waals surface area contributed by atoms with Gasteiger partial charge in [-0.1, -0.05) is 27.2 Å². The molecule has 0 N–H and O–H groups in total. The number of aromatic nitrogens is 4. The zero-order chi connectivity index (χ0) is 22.8. The highest BCUT2D eigenvalue weighted by Crippen LogP contribution is 2.28. The summed E-state index contributed by atoms with van der Waals surface area (Å²) in [6.45, 7) is 7.79. The van der Waals surface area contributed by atoms with E-state index in [-0.39, 0.29) is 11.5 Å². The molecular weight excluding hydrogens is 404 g/mol. The van der Waals surface area contributed by atoms with Crippen molar-refractivity contribution >= 4 is 28.0 Å². The zero-order valence-corrected chi connectivity index (χ0v) is 19.0. The van der Waals surface area contributed by atoms with Crippen molar-refractivity contribution in [3.05, 3.63) is 58.5 Å². The van der Waals surface area contributed by atoms with E-state index in [2.05, 4.69) is 30.3 Å². The summed E-state index contributed by atoms with van der Waals surface area (Å²) in [7, 11) is 1.37. The summed E-state index contributed by atoms with van der Waals surface area (Å²) in [5.41, 5.74) is 4.60. The summed E-state index contributed by atoms with van der Waals surface area (Å²) < 4.78 is 8.82. The van der Waals surface area contributed by atoms with E-state index in [0.717, 1.165) is 52.8 Å². The number of ether oxygens (including phenoxy) is 1. The van der Waals surface area contributed by atoms with Gasteiger partial charge in [-0.25, -0.2) is 14.8 Å². The van der Waals surface area contributed by atoms with E-state index in [4.69, 9.17) is 9.72 Å². The lowest BCUT2D eigenvalue weighted by Crippen LogP contribution is -2.22. The van der Waals surface area contributed by atoms with Gasteiger partial charge in [-0.2, -0.15) is 0 Å². The fourth-order valence-corrected chi connectivity index (χ4v) is 4.00. The third kappa shape index (κ3) is 4.02. The molecule has 0 atom stereocenters. The third-order valence-corrected chi connectivity index (χ3v) is 5.56. The summed E-state index contributed by atoms with van der Waals surface area (Å²) in [6, 6.07) is 11.4. The Morgan fingerprint density at radius 3 is 2.53 bits per heavy atom. The van der Waals surface area contributed by atoms with Gasteiger partial charge in [0.15, 0.2) is 0 Å². The molecule has 2 heterocycles. The molecule has 0 fully saturated rings. The second-order valence-electron chi connectivity index (χ2n) is 8.44. The fraction of sp³-hybridized carbons (Fsp3) is 0.360. The van der Waals surface area contributed by atoms with Gasteiger partial charge in [0.2, 0.25) is 0 Å². The fourth-order valence-electron chi connectivity index (χ4n) is 4.00. The molecule has 0 aliphatic carbocycles. The minimum absolute atomic E-state index is 0.0931. The highest BCUT2D eigenvalue weighted by atomic mass is 16.5. The Labute approximate surface area is 186 Å². The van der Waals surface area contributed by atoms with Crippen molar-refractivity contribution in [2.24, 2.45) is 5.92 Å². The molecule has 7 heteroatoms. The van der Waals surface area contributed by atoms with Crippen LogP contribution < -0.4 is 5.56 Å². The maximum Gasteiger partial charge on any atom is 0.337 e. The summed E-state index contributed by atoms with van der Waals surface area (Å²) in [5, 5.41) is 0. The number of rotatable bonds is 7. The Morgan fingerprint density at radius 2 is 1.81 bits per heavy atom. The first-order valence-electron chi connectivity index (χ1n) is 11.0. The van der Waals surface area contributed by atoms with E-state index in [1.807, 2.05) is 24.3 Å². The van der Waals surface area contributed by atoms with Crippen molar-refractivity contribution in [1.82, 2.24) is 19.1 Å². The molecule has 7 nitrogen and oxygen atoms in total. The molecule has 166 valence electrons. The molecular formula is C25H28N4O3. The predicted molar refractivity (Wildman–Crippen MR) is 126 cm³/mol. The molecule has 32 heavy (non-hydrogen) atoms. The van der Waals surface area contributed by atoms with Gasteiger partial charge in [-0.05, 0) is 48.7 Å². The van der Waals surface area contributed by atoms with Crippen molar-refractivity contribution < 1.29 is 9.53 Å². The zero-order valence-electron chi connectivity index (χ0n) is 19.0. The van der Waals surface area contributed by atoms with Crippen LogP contribution in [0.2, 0.25) is 0 Å². The first-order valence-corrected chi connectivity index (χ1v) is 11.0. The largest absolute Gasteiger partial charge is 0.465 e. The molecule has 2 aromatic heterocycles. The lowest BCUT2D eigenvalue weighted by atomic mass is 10.1.